The summed E-state index contributed by atoms with van der Waals surface area (Å²) in [4.78, 5) is 1.21. The number of aliphatic hydroxyl groups is 1. The average molecular weight is 372 g/mol. The van der Waals surface area contributed by atoms with Crippen LogP contribution in [0.2, 0.25) is 0 Å². The molecule has 0 spiro atoms. The fourth-order valence-electron chi connectivity index (χ4n) is 3.68. The Kier molecular flexibility index (Phi) is 6.28. The van der Waals surface area contributed by atoms with Crippen LogP contribution in [0, 0.1) is 0 Å². The Balaban J connectivity index is 2.08. The number of benzene rings is 2. The van der Waals surface area contributed by atoms with Crippen LogP contribution in [-0.2, 0) is 0 Å². The summed E-state index contributed by atoms with van der Waals surface area (Å²) in [5, 5.41) is 14.3. The van der Waals surface area contributed by atoms with Crippen LogP contribution in [0.3, 0.4) is 0 Å². The molecule has 4 heteroatoms. The zero-order valence-corrected chi connectivity index (χ0v) is 16.7. The van der Waals surface area contributed by atoms with Gasteiger partial charge in [-0.25, -0.2) is 0 Å². The average Bonchev–Trinajstić information content (AvgIpc) is 2.86. The lowest BCUT2D eigenvalue weighted by molar-refractivity contribution is 0.116. The predicted octanol–water partition coefficient (Wildman–Crippen LogP) is 4.79. The second-order valence-electron chi connectivity index (χ2n) is 7.06. The first-order valence-electron chi connectivity index (χ1n) is 9.43. The van der Waals surface area contributed by atoms with Crippen molar-refractivity contribution >= 4 is 11.8 Å². The van der Waals surface area contributed by atoms with E-state index in [-0.39, 0.29) is 17.7 Å². The van der Waals surface area contributed by atoms with Crippen molar-refractivity contribution in [3.63, 3.8) is 0 Å². The summed E-state index contributed by atoms with van der Waals surface area (Å²) < 4.78 is 5.66. The molecular weight excluding hydrogens is 342 g/mol. The van der Waals surface area contributed by atoms with Gasteiger partial charge in [-0.15, -0.1) is 11.8 Å². The molecule has 1 aliphatic heterocycles. The Hall–Kier alpha value is -1.49. The molecule has 0 amide bonds. The molecule has 1 unspecified atom stereocenters. The first-order chi connectivity index (χ1) is 12.6. The third kappa shape index (κ3) is 3.93. The molecule has 2 aromatic carbocycles. The third-order valence-electron chi connectivity index (χ3n) is 5.39. The summed E-state index contributed by atoms with van der Waals surface area (Å²) in [7, 11) is 1.74. The Morgan fingerprint density at radius 2 is 1.96 bits per heavy atom. The van der Waals surface area contributed by atoms with Crippen LogP contribution in [0.4, 0.5) is 0 Å². The number of ether oxygens (including phenoxy) is 1. The van der Waals surface area contributed by atoms with Gasteiger partial charge >= 0.3 is 0 Å². The molecule has 0 radical (unpaired) electrons. The molecule has 2 N–H and O–H groups in total. The second-order valence-corrected chi connectivity index (χ2v) is 8.04. The lowest BCUT2D eigenvalue weighted by atomic mass is 9.87. The lowest BCUT2D eigenvalue weighted by Gasteiger charge is -2.37. The van der Waals surface area contributed by atoms with E-state index in [0.717, 1.165) is 30.8 Å². The summed E-state index contributed by atoms with van der Waals surface area (Å²) >= 11 is 1.84. The van der Waals surface area contributed by atoms with E-state index < -0.39 is 0 Å². The first kappa shape index (κ1) is 19.3. The van der Waals surface area contributed by atoms with Gasteiger partial charge in [0, 0.05) is 11.3 Å². The van der Waals surface area contributed by atoms with E-state index in [0.29, 0.717) is 0 Å². The SMILES string of the molecule is CCC(O)C[C@@]1(CC)CSc2c(OC)cccc2[C@H](c2ccccc2)N1. The molecule has 2 aromatic rings. The van der Waals surface area contributed by atoms with E-state index in [2.05, 4.69) is 54.7 Å². The molecule has 1 heterocycles. The van der Waals surface area contributed by atoms with E-state index in [9.17, 15) is 5.11 Å². The standard InChI is InChI=1S/C22H29NO2S/c1-4-17(24)14-22(5-2)15-26-21-18(12-9-13-19(21)25-3)20(23-22)16-10-7-6-8-11-16/h6-13,17,20,23-24H,4-5,14-15H2,1-3H3/t17?,20-,22-/m0/s1. The van der Waals surface area contributed by atoms with Crippen LogP contribution in [0.25, 0.3) is 0 Å². The summed E-state index contributed by atoms with van der Waals surface area (Å²) in [6, 6.07) is 16.9. The maximum atomic E-state index is 10.4. The Bertz CT molecular complexity index is 721. The maximum absolute atomic E-state index is 10.4. The molecule has 0 saturated carbocycles. The van der Waals surface area contributed by atoms with Gasteiger partial charge in [0.1, 0.15) is 5.75 Å². The van der Waals surface area contributed by atoms with Crippen molar-refractivity contribution in [2.75, 3.05) is 12.9 Å². The Morgan fingerprint density at radius 3 is 2.62 bits per heavy atom. The van der Waals surface area contributed by atoms with Gasteiger partial charge in [-0.3, -0.25) is 5.32 Å². The van der Waals surface area contributed by atoms with Gasteiger partial charge in [-0.1, -0.05) is 56.3 Å². The van der Waals surface area contributed by atoms with Gasteiger partial charge in [0.25, 0.3) is 0 Å². The van der Waals surface area contributed by atoms with Crippen molar-refractivity contribution in [3.8, 4) is 5.75 Å². The molecule has 0 bridgehead atoms. The van der Waals surface area contributed by atoms with E-state index in [1.165, 1.54) is 16.0 Å². The number of rotatable bonds is 6. The van der Waals surface area contributed by atoms with E-state index in [4.69, 9.17) is 4.74 Å². The normalized spacial score (nSPS) is 23.8. The van der Waals surface area contributed by atoms with Crippen molar-refractivity contribution in [1.29, 1.82) is 0 Å². The van der Waals surface area contributed by atoms with Crippen molar-refractivity contribution in [2.24, 2.45) is 0 Å². The van der Waals surface area contributed by atoms with E-state index >= 15 is 0 Å². The fraction of sp³-hybridized carbons (Fsp3) is 0.455. The van der Waals surface area contributed by atoms with Gasteiger partial charge < -0.3 is 9.84 Å². The molecule has 3 rings (SSSR count). The largest absolute Gasteiger partial charge is 0.496 e. The minimum atomic E-state index is -0.289. The molecule has 1 aliphatic rings. The van der Waals surface area contributed by atoms with Gasteiger partial charge in [0.2, 0.25) is 0 Å². The number of nitrogens with one attached hydrogen (secondary N) is 1. The molecule has 3 nitrogen and oxygen atoms in total. The summed E-state index contributed by atoms with van der Waals surface area (Å²) in [5.41, 5.74) is 2.38. The minimum Gasteiger partial charge on any atom is -0.496 e. The number of hydrogen-bond donors (Lipinski definition) is 2. The molecule has 140 valence electrons. The highest BCUT2D eigenvalue weighted by molar-refractivity contribution is 7.99. The minimum absolute atomic E-state index is 0.0836. The summed E-state index contributed by atoms with van der Waals surface area (Å²) in [5.74, 6) is 1.84. The summed E-state index contributed by atoms with van der Waals surface area (Å²) in [6.07, 6.45) is 2.21. The van der Waals surface area contributed by atoms with Crippen molar-refractivity contribution in [2.45, 2.75) is 55.7 Å². The highest BCUT2D eigenvalue weighted by Crippen LogP contribution is 2.44. The van der Waals surface area contributed by atoms with Gasteiger partial charge in [0.15, 0.2) is 0 Å². The highest BCUT2D eigenvalue weighted by atomic mass is 32.2. The molecular formula is C22H29NO2S. The number of aliphatic hydroxyl groups excluding tert-OH is 1. The Labute approximate surface area is 161 Å². The van der Waals surface area contributed by atoms with Crippen LogP contribution in [0.1, 0.15) is 50.3 Å². The van der Waals surface area contributed by atoms with Crippen LogP contribution in [0.5, 0.6) is 5.75 Å². The zero-order chi connectivity index (χ0) is 18.6. The van der Waals surface area contributed by atoms with Gasteiger partial charge in [-0.05, 0) is 36.5 Å². The number of methoxy groups -OCH3 is 1. The van der Waals surface area contributed by atoms with Crippen molar-refractivity contribution < 1.29 is 9.84 Å². The topological polar surface area (TPSA) is 41.5 Å². The quantitative estimate of drug-likeness (QED) is 0.766. The molecule has 26 heavy (non-hydrogen) atoms. The lowest BCUT2D eigenvalue weighted by Crippen LogP contribution is -2.50. The number of fused-ring (bicyclic) bond motifs is 1. The predicted molar refractivity (Wildman–Crippen MR) is 109 cm³/mol. The number of hydrogen-bond acceptors (Lipinski definition) is 4. The van der Waals surface area contributed by atoms with Crippen molar-refractivity contribution in [1.82, 2.24) is 5.32 Å². The fourth-order valence-corrected chi connectivity index (χ4v) is 5.15. The smallest absolute Gasteiger partial charge is 0.132 e. The van der Waals surface area contributed by atoms with Crippen LogP contribution in [-0.4, -0.2) is 29.6 Å². The molecule has 0 aliphatic carbocycles. The van der Waals surface area contributed by atoms with E-state index in [1.807, 2.05) is 24.8 Å². The Morgan fingerprint density at radius 1 is 1.19 bits per heavy atom. The zero-order valence-electron chi connectivity index (χ0n) is 15.9. The van der Waals surface area contributed by atoms with Crippen molar-refractivity contribution in [3.05, 3.63) is 59.7 Å². The van der Waals surface area contributed by atoms with Crippen LogP contribution in [0.15, 0.2) is 53.4 Å². The molecule has 0 saturated heterocycles. The third-order valence-corrected chi connectivity index (χ3v) is 6.81. The van der Waals surface area contributed by atoms with Gasteiger partial charge in [0.05, 0.1) is 24.2 Å². The van der Waals surface area contributed by atoms with E-state index in [1.54, 1.807) is 7.11 Å². The summed E-state index contributed by atoms with van der Waals surface area (Å²) in [6.45, 7) is 4.26. The highest BCUT2D eigenvalue weighted by Gasteiger charge is 2.37. The van der Waals surface area contributed by atoms with Crippen LogP contribution < -0.4 is 10.1 Å². The molecule has 0 fully saturated rings. The van der Waals surface area contributed by atoms with Gasteiger partial charge in [-0.2, -0.15) is 0 Å². The monoisotopic (exact) mass is 371 g/mol. The van der Waals surface area contributed by atoms with Crippen LogP contribution >= 0.6 is 11.8 Å². The first-order valence-corrected chi connectivity index (χ1v) is 10.4. The molecule has 3 atom stereocenters. The second kappa shape index (κ2) is 8.47. The maximum Gasteiger partial charge on any atom is 0.132 e. The molecule has 0 aromatic heterocycles. The number of thioether (sulfide) groups is 1.